The van der Waals surface area contributed by atoms with E-state index in [0.29, 0.717) is 5.56 Å². The number of nitrogens with one attached hydrogen (secondary N) is 2. The second-order valence-electron chi connectivity index (χ2n) is 9.69. The van der Waals surface area contributed by atoms with Crippen LogP contribution in [0.5, 0.6) is 0 Å². The number of primary amides is 1. The Bertz CT molecular complexity index is 1150. The molecule has 2 rings (SSSR count). The fraction of sp³-hybridized carbons (Fsp3) is 0.393. The van der Waals surface area contributed by atoms with Crippen molar-refractivity contribution < 1.29 is 23.9 Å². The van der Waals surface area contributed by atoms with Crippen molar-refractivity contribution in [1.29, 1.82) is 5.26 Å². The Labute approximate surface area is 223 Å². The lowest BCUT2D eigenvalue weighted by Gasteiger charge is -2.32. The van der Waals surface area contributed by atoms with E-state index in [4.69, 9.17) is 10.5 Å². The van der Waals surface area contributed by atoms with E-state index >= 15 is 0 Å². The Morgan fingerprint density at radius 2 is 1.66 bits per heavy atom. The van der Waals surface area contributed by atoms with Gasteiger partial charge in [0.05, 0.1) is 12.5 Å². The maximum Gasteiger partial charge on any atom is 0.408 e. The van der Waals surface area contributed by atoms with Crippen LogP contribution >= 0.6 is 0 Å². The molecule has 10 heteroatoms. The molecule has 2 atom stereocenters. The van der Waals surface area contributed by atoms with Crippen molar-refractivity contribution in [3.05, 3.63) is 71.3 Å². The second-order valence-corrected chi connectivity index (χ2v) is 9.69. The third-order valence-electron chi connectivity index (χ3n) is 5.49. The van der Waals surface area contributed by atoms with E-state index in [0.717, 1.165) is 22.4 Å². The molecule has 2 unspecified atom stereocenters. The number of nitriles is 1. The van der Waals surface area contributed by atoms with Crippen molar-refractivity contribution in [2.45, 2.75) is 64.8 Å². The number of nitrogens with zero attached hydrogens (tertiary/aromatic N) is 2. The second kappa shape index (κ2) is 13.8. The predicted octanol–water partition coefficient (Wildman–Crippen LogP) is 2.73. The van der Waals surface area contributed by atoms with Crippen LogP contribution in [0.2, 0.25) is 0 Å². The number of hydrogen-bond donors (Lipinski definition) is 3. The number of carbonyl (C=O) groups is 4. The highest BCUT2D eigenvalue weighted by molar-refractivity contribution is 5.94. The van der Waals surface area contributed by atoms with Crippen LogP contribution in [0.15, 0.2) is 54.6 Å². The molecule has 2 aromatic rings. The maximum atomic E-state index is 13.7. The third kappa shape index (κ3) is 9.24. The van der Waals surface area contributed by atoms with E-state index in [-0.39, 0.29) is 6.54 Å². The van der Waals surface area contributed by atoms with Crippen molar-refractivity contribution in [2.24, 2.45) is 5.73 Å². The largest absolute Gasteiger partial charge is 0.444 e. The zero-order valence-corrected chi connectivity index (χ0v) is 22.2. The Hall–Kier alpha value is -4.39. The third-order valence-corrected chi connectivity index (χ3v) is 5.49. The van der Waals surface area contributed by atoms with Crippen LogP contribution in [0.4, 0.5) is 4.79 Å². The van der Waals surface area contributed by atoms with Crippen LogP contribution in [-0.4, -0.2) is 46.9 Å². The fourth-order valence-corrected chi connectivity index (χ4v) is 3.71. The molecule has 38 heavy (non-hydrogen) atoms. The average Bonchev–Trinajstić information content (AvgIpc) is 2.86. The van der Waals surface area contributed by atoms with Crippen LogP contribution in [0, 0.1) is 11.3 Å². The Morgan fingerprint density at radius 3 is 2.18 bits per heavy atom. The number of amides is 4. The molecule has 4 amide bonds. The van der Waals surface area contributed by atoms with E-state index in [2.05, 4.69) is 10.6 Å². The van der Waals surface area contributed by atoms with Gasteiger partial charge in [0.2, 0.25) is 17.7 Å². The molecule has 0 aromatic heterocycles. The number of benzene rings is 2. The van der Waals surface area contributed by atoms with E-state index < -0.39 is 54.5 Å². The summed E-state index contributed by atoms with van der Waals surface area (Å²) in [5, 5.41) is 14.8. The zero-order chi connectivity index (χ0) is 28.3. The van der Waals surface area contributed by atoms with Crippen molar-refractivity contribution >= 4 is 23.8 Å². The van der Waals surface area contributed by atoms with Crippen LogP contribution in [-0.2, 0) is 32.1 Å². The summed E-state index contributed by atoms with van der Waals surface area (Å²) in [7, 11) is 0. The van der Waals surface area contributed by atoms with Crippen LogP contribution in [0.3, 0.4) is 0 Å². The van der Waals surface area contributed by atoms with E-state index in [1.54, 1.807) is 32.9 Å². The molecule has 4 N–H and O–H groups in total. The standard InChI is InChI=1S/C28H35N5O5/c1-5-19-11-13-21(14-12-19)24(25(35)31-18-20-9-7-6-8-10-20)33(16-15-29)26(36)22(17-23(30)34)32-27(37)38-28(2,3)4/h6-14,22,24H,5,16-18H2,1-4H3,(H2,30,34)(H,31,35)(H,32,37). The molecular formula is C28H35N5O5. The van der Waals surface area contributed by atoms with Gasteiger partial charge in [-0.05, 0) is 43.9 Å². The minimum Gasteiger partial charge on any atom is -0.444 e. The Balaban J connectivity index is 2.45. The smallest absolute Gasteiger partial charge is 0.408 e. The van der Waals surface area contributed by atoms with Crippen molar-refractivity contribution in [2.75, 3.05) is 6.54 Å². The SMILES string of the molecule is CCc1ccc(C(C(=O)NCc2ccccc2)N(CC#N)C(=O)C(CC(N)=O)NC(=O)OC(C)(C)C)cc1. The topological polar surface area (TPSA) is 155 Å². The highest BCUT2D eigenvalue weighted by atomic mass is 16.6. The molecule has 0 bridgehead atoms. The lowest BCUT2D eigenvalue weighted by molar-refractivity contribution is -0.142. The van der Waals surface area contributed by atoms with Crippen LogP contribution < -0.4 is 16.4 Å². The zero-order valence-electron chi connectivity index (χ0n) is 22.2. The normalized spacial score (nSPS) is 12.4. The quantitative estimate of drug-likeness (QED) is 0.386. The monoisotopic (exact) mass is 521 g/mol. The lowest BCUT2D eigenvalue weighted by Crippen LogP contribution is -2.54. The molecule has 0 spiro atoms. The van der Waals surface area contributed by atoms with Crippen molar-refractivity contribution in [3.63, 3.8) is 0 Å². The molecule has 10 nitrogen and oxygen atoms in total. The van der Waals surface area contributed by atoms with Gasteiger partial charge in [-0.3, -0.25) is 14.4 Å². The number of nitrogens with two attached hydrogens (primary N) is 1. The lowest BCUT2D eigenvalue weighted by atomic mass is 10.00. The van der Waals surface area contributed by atoms with Gasteiger partial charge in [0.25, 0.3) is 0 Å². The summed E-state index contributed by atoms with van der Waals surface area (Å²) in [6.45, 7) is 6.63. The summed E-state index contributed by atoms with van der Waals surface area (Å²) in [5.41, 5.74) is 6.82. The summed E-state index contributed by atoms with van der Waals surface area (Å²) in [5.74, 6) is -2.21. The first kappa shape index (κ1) is 29.8. The van der Waals surface area contributed by atoms with Crippen LogP contribution in [0.1, 0.15) is 56.8 Å². The van der Waals surface area contributed by atoms with Gasteiger partial charge >= 0.3 is 6.09 Å². The molecule has 2 aromatic carbocycles. The van der Waals surface area contributed by atoms with Gasteiger partial charge in [-0.2, -0.15) is 5.26 Å². The first-order chi connectivity index (χ1) is 17.9. The summed E-state index contributed by atoms with van der Waals surface area (Å²) in [4.78, 5) is 52.5. The number of carbonyl (C=O) groups excluding carboxylic acids is 4. The molecule has 0 saturated heterocycles. The van der Waals surface area contributed by atoms with Gasteiger partial charge < -0.3 is 26.0 Å². The van der Waals surface area contributed by atoms with E-state index in [1.165, 1.54) is 0 Å². The summed E-state index contributed by atoms with van der Waals surface area (Å²) in [6.07, 6.45) is -0.717. The highest BCUT2D eigenvalue weighted by Crippen LogP contribution is 2.24. The molecule has 0 heterocycles. The molecule has 0 fully saturated rings. The molecular weight excluding hydrogens is 486 g/mol. The van der Waals surface area contributed by atoms with Gasteiger partial charge in [0, 0.05) is 6.54 Å². The van der Waals surface area contributed by atoms with E-state index in [9.17, 15) is 24.4 Å². The summed E-state index contributed by atoms with van der Waals surface area (Å²) < 4.78 is 5.23. The number of aryl methyl sites for hydroxylation is 1. The van der Waals surface area contributed by atoms with Gasteiger partial charge in [-0.15, -0.1) is 0 Å². The number of rotatable bonds is 11. The number of ether oxygens (including phenoxy) is 1. The fourth-order valence-electron chi connectivity index (χ4n) is 3.71. The molecule has 0 radical (unpaired) electrons. The van der Waals surface area contributed by atoms with Crippen molar-refractivity contribution in [3.8, 4) is 6.07 Å². The molecule has 0 aliphatic carbocycles. The molecule has 0 aliphatic heterocycles. The van der Waals surface area contributed by atoms with Gasteiger partial charge in [0.1, 0.15) is 24.2 Å². The first-order valence-corrected chi connectivity index (χ1v) is 12.3. The Morgan fingerprint density at radius 1 is 1.03 bits per heavy atom. The predicted molar refractivity (Wildman–Crippen MR) is 141 cm³/mol. The van der Waals surface area contributed by atoms with Gasteiger partial charge in [-0.25, -0.2) is 4.79 Å². The maximum absolute atomic E-state index is 13.7. The minimum atomic E-state index is -1.45. The van der Waals surface area contributed by atoms with E-state index in [1.807, 2.05) is 55.5 Å². The Kier molecular flexibility index (Phi) is 10.8. The van der Waals surface area contributed by atoms with Crippen molar-refractivity contribution in [1.82, 2.24) is 15.5 Å². The minimum absolute atomic E-state index is 0.193. The number of hydrogen-bond acceptors (Lipinski definition) is 6. The summed E-state index contributed by atoms with van der Waals surface area (Å²) in [6, 6.07) is 15.6. The van der Waals surface area contributed by atoms with Crippen LogP contribution in [0.25, 0.3) is 0 Å². The highest BCUT2D eigenvalue weighted by Gasteiger charge is 2.37. The molecule has 202 valence electrons. The van der Waals surface area contributed by atoms with Gasteiger partial charge in [-0.1, -0.05) is 61.5 Å². The molecule has 0 aliphatic rings. The average molecular weight is 522 g/mol. The molecule has 0 saturated carbocycles. The number of alkyl carbamates (subject to hydrolysis) is 1. The summed E-state index contributed by atoms with van der Waals surface area (Å²) >= 11 is 0. The van der Waals surface area contributed by atoms with Gasteiger partial charge in [0.15, 0.2) is 0 Å². The first-order valence-electron chi connectivity index (χ1n) is 12.3.